The fourth-order valence-electron chi connectivity index (χ4n) is 3.36. The summed E-state index contributed by atoms with van der Waals surface area (Å²) in [6, 6.07) is 15.7. The normalized spacial score (nSPS) is 11.0. The largest absolute Gasteiger partial charge is 0.497 e. The van der Waals surface area contributed by atoms with Gasteiger partial charge in [-0.25, -0.2) is 4.98 Å². The van der Waals surface area contributed by atoms with Gasteiger partial charge in [-0.1, -0.05) is 22.9 Å². The summed E-state index contributed by atoms with van der Waals surface area (Å²) in [6.45, 7) is 2.42. The molecule has 2 aromatic heterocycles. The van der Waals surface area contributed by atoms with Crippen LogP contribution in [0, 0.1) is 6.92 Å². The predicted molar refractivity (Wildman–Crippen MR) is 138 cm³/mol. The van der Waals surface area contributed by atoms with Gasteiger partial charge in [0.15, 0.2) is 5.13 Å². The third kappa shape index (κ3) is 5.85. The Morgan fingerprint density at radius 3 is 2.61 bits per heavy atom. The third-order valence-electron chi connectivity index (χ3n) is 5.22. The first kappa shape index (κ1) is 23.5. The molecular weight excluding hydrogens is 474 g/mol. The zero-order valence-electron chi connectivity index (χ0n) is 18.5. The highest BCUT2D eigenvalue weighted by Crippen LogP contribution is 2.34. The van der Waals surface area contributed by atoms with Gasteiger partial charge >= 0.3 is 0 Å². The summed E-state index contributed by atoms with van der Waals surface area (Å²) in [7, 11) is 1.66. The molecular formula is C25H24ClN3O2S2. The van der Waals surface area contributed by atoms with Gasteiger partial charge in [0.25, 0.3) is 0 Å². The van der Waals surface area contributed by atoms with Crippen molar-refractivity contribution in [2.45, 2.75) is 31.2 Å². The number of hydrogen-bond donors (Lipinski definition) is 0. The number of aryl methyl sites for hydroxylation is 1. The molecule has 4 aromatic rings. The summed E-state index contributed by atoms with van der Waals surface area (Å²) in [4.78, 5) is 25.1. The number of fused-ring (bicyclic) bond motifs is 1. The van der Waals surface area contributed by atoms with Crippen molar-refractivity contribution < 1.29 is 9.53 Å². The summed E-state index contributed by atoms with van der Waals surface area (Å²) < 4.78 is 6.23. The molecule has 4 rings (SSSR count). The van der Waals surface area contributed by atoms with Crippen molar-refractivity contribution in [2.75, 3.05) is 17.8 Å². The molecule has 0 aliphatic carbocycles. The molecule has 0 radical (unpaired) electrons. The van der Waals surface area contributed by atoms with Crippen molar-refractivity contribution in [2.24, 2.45) is 0 Å². The van der Waals surface area contributed by atoms with Gasteiger partial charge in [0.2, 0.25) is 5.91 Å². The van der Waals surface area contributed by atoms with Gasteiger partial charge in [0.05, 0.1) is 23.9 Å². The second-order valence-corrected chi connectivity index (χ2v) is 10.1. The molecule has 33 heavy (non-hydrogen) atoms. The quantitative estimate of drug-likeness (QED) is 0.189. The summed E-state index contributed by atoms with van der Waals surface area (Å²) in [6.07, 6.45) is 4.71. The lowest BCUT2D eigenvalue weighted by Crippen LogP contribution is -2.30. The number of benzene rings is 2. The summed E-state index contributed by atoms with van der Waals surface area (Å²) in [5, 5.41) is 1.38. The zero-order valence-corrected chi connectivity index (χ0v) is 20.8. The third-order valence-corrected chi connectivity index (χ3v) is 7.77. The molecule has 2 aromatic carbocycles. The molecule has 8 heteroatoms. The Balaban J connectivity index is 1.47. The Morgan fingerprint density at radius 1 is 1.12 bits per heavy atom. The molecule has 2 heterocycles. The zero-order chi connectivity index (χ0) is 23.2. The number of carbonyl (C=O) groups is 1. The number of anilines is 1. The van der Waals surface area contributed by atoms with E-state index in [9.17, 15) is 4.79 Å². The Hall–Kier alpha value is -2.61. The number of hydrogen-bond acceptors (Lipinski definition) is 6. The Morgan fingerprint density at radius 2 is 1.88 bits per heavy atom. The maximum atomic E-state index is 13.3. The molecule has 0 aliphatic rings. The average Bonchev–Trinajstić information content (AvgIpc) is 3.28. The van der Waals surface area contributed by atoms with E-state index in [1.54, 1.807) is 36.2 Å². The standard InChI is InChI=1S/C25H24ClN3O2S2/c1-17-21(26)9-10-22-24(17)28-25(33-22)29(16-18-11-13-27-14-12-18)23(30)4-3-15-32-20-7-5-19(31-2)6-8-20/h5-14H,3-4,15-16H2,1-2H3. The molecule has 0 bridgehead atoms. The number of methoxy groups -OCH3 is 1. The monoisotopic (exact) mass is 497 g/mol. The van der Waals surface area contributed by atoms with Gasteiger partial charge in [-0.05, 0) is 78.8 Å². The molecule has 0 fully saturated rings. The van der Waals surface area contributed by atoms with E-state index in [-0.39, 0.29) is 5.91 Å². The lowest BCUT2D eigenvalue weighted by Gasteiger charge is -2.20. The van der Waals surface area contributed by atoms with Crippen LogP contribution in [0.1, 0.15) is 24.0 Å². The SMILES string of the molecule is COc1ccc(SCCCC(=O)N(Cc2ccncc2)c2nc3c(C)c(Cl)ccc3s2)cc1. The summed E-state index contributed by atoms with van der Waals surface area (Å²) >= 11 is 9.54. The number of amides is 1. The number of ether oxygens (including phenoxy) is 1. The summed E-state index contributed by atoms with van der Waals surface area (Å²) in [5.74, 6) is 1.76. The van der Waals surface area contributed by atoms with Crippen LogP contribution in [0.4, 0.5) is 5.13 Å². The molecule has 170 valence electrons. The van der Waals surface area contributed by atoms with E-state index in [1.165, 1.54) is 11.3 Å². The van der Waals surface area contributed by atoms with E-state index in [0.717, 1.165) is 44.2 Å². The smallest absolute Gasteiger partial charge is 0.229 e. The molecule has 5 nitrogen and oxygen atoms in total. The van der Waals surface area contributed by atoms with E-state index in [1.807, 2.05) is 55.5 Å². The Kier molecular flexibility index (Phi) is 7.85. The highest BCUT2D eigenvalue weighted by molar-refractivity contribution is 7.99. The van der Waals surface area contributed by atoms with Gasteiger partial charge < -0.3 is 4.74 Å². The number of thiazole rings is 1. The van der Waals surface area contributed by atoms with Crippen LogP contribution < -0.4 is 9.64 Å². The van der Waals surface area contributed by atoms with Crippen LogP contribution in [0.2, 0.25) is 5.02 Å². The van der Waals surface area contributed by atoms with E-state index < -0.39 is 0 Å². The maximum absolute atomic E-state index is 13.3. The maximum Gasteiger partial charge on any atom is 0.229 e. The van der Waals surface area contributed by atoms with Crippen molar-refractivity contribution in [3.8, 4) is 5.75 Å². The number of halogens is 1. The van der Waals surface area contributed by atoms with Gasteiger partial charge in [-0.2, -0.15) is 0 Å². The Bertz CT molecular complexity index is 1230. The first-order chi connectivity index (χ1) is 16.0. The van der Waals surface area contributed by atoms with Crippen LogP contribution in [0.3, 0.4) is 0 Å². The summed E-state index contributed by atoms with van der Waals surface area (Å²) in [5.41, 5.74) is 2.80. The first-order valence-electron chi connectivity index (χ1n) is 10.6. The lowest BCUT2D eigenvalue weighted by molar-refractivity contribution is -0.118. The molecule has 0 unspecified atom stereocenters. The van der Waals surface area contributed by atoms with E-state index in [2.05, 4.69) is 4.98 Å². The molecule has 0 aliphatic heterocycles. The number of carbonyl (C=O) groups excluding carboxylic acids is 1. The van der Waals surface area contributed by atoms with Crippen molar-refractivity contribution in [3.63, 3.8) is 0 Å². The highest BCUT2D eigenvalue weighted by Gasteiger charge is 2.21. The minimum atomic E-state index is 0.0601. The second-order valence-electron chi connectivity index (χ2n) is 7.48. The van der Waals surface area contributed by atoms with Crippen molar-refractivity contribution in [3.05, 3.63) is 77.1 Å². The highest BCUT2D eigenvalue weighted by atomic mass is 35.5. The predicted octanol–water partition coefficient (Wildman–Crippen LogP) is 6.77. The van der Waals surface area contributed by atoms with Crippen LogP contribution in [-0.2, 0) is 11.3 Å². The van der Waals surface area contributed by atoms with Gasteiger partial charge in [0.1, 0.15) is 5.75 Å². The molecule has 0 saturated carbocycles. The fourth-order valence-corrected chi connectivity index (χ4v) is 5.40. The van der Waals surface area contributed by atoms with Crippen LogP contribution in [0.5, 0.6) is 5.75 Å². The number of thioether (sulfide) groups is 1. The van der Waals surface area contributed by atoms with Gasteiger partial charge in [-0.15, -0.1) is 11.8 Å². The number of nitrogens with zero attached hydrogens (tertiary/aromatic N) is 3. The van der Waals surface area contributed by atoms with Gasteiger partial charge in [0, 0.05) is 28.7 Å². The van der Waals surface area contributed by atoms with Crippen molar-refractivity contribution >= 4 is 56.0 Å². The molecule has 1 amide bonds. The second kappa shape index (κ2) is 11.0. The minimum Gasteiger partial charge on any atom is -0.497 e. The van der Waals surface area contributed by atoms with Crippen molar-refractivity contribution in [1.82, 2.24) is 9.97 Å². The number of aromatic nitrogens is 2. The van der Waals surface area contributed by atoms with Crippen molar-refractivity contribution in [1.29, 1.82) is 0 Å². The van der Waals surface area contributed by atoms with Crippen LogP contribution in [-0.4, -0.2) is 28.7 Å². The lowest BCUT2D eigenvalue weighted by atomic mass is 10.2. The van der Waals surface area contributed by atoms with E-state index >= 15 is 0 Å². The van der Waals surface area contributed by atoms with Crippen LogP contribution >= 0.6 is 34.7 Å². The van der Waals surface area contributed by atoms with Gasteiger partial charge in [-0.3, -0.25) is 14.7 Å². The molecule has 0 atom stereocenters. The topological polar surface area (TPSA) is 55.3 Å². The average molecular weight is 498 g/mol. The first-order valence-corrected chi connectivity index (χ1v) is 12.7. The van der Waals surface area contributed by atoms with Crippen LogP contribution in [0.25, 0.3) is 10.2 Å². The van der Waals surface area contributed by atoms with Crippen LogP contribution in [0.15, 0.2) is 65.8 Å². The van der Waals surface area contributed by atoms with E-state index in [0.29, 0.717) is 23.1 Å². The minimum absolute atomic E-state index is 0.0601. The fraction of sp³-hybridized carbons (Fsp3) is 0.240. The number of pyridine rings is 1. The molecule has 0 saturated heterocycles. The van der Waals surface area contributed by atoms with E-state index in [4.69, 9.17) is 21.3 Å². The molecule has 0 spiro atoms. The molecule has 0 N–H and O–H groups in total. The number of rotatable bonds is 9. The Labute approximate surface area is 206 Å².